The second-order valence-corrected chi connectivity index (χ2v) is 6.75. The van der Waals surface area contributed by atoms with E-state index in [2.05, 4.69) is 4.90 Å². The summed E-state index contributed by atoms with van der Waals surface area (Å²) in [5, 5.41) is 7.76. The normalized spacial score (nSPS) is 30.9. The fourth-order valence-electron chi connectivity index (χ4n) is 1.85. The molecule has 0 aliphatic carbocycles. The van der Waals surface area contributed by atoms with E-state index in [1.165, 1.54) is 11.2 Å². The Balaban J connectivity index is 2.89. The van der Waals surface area contributed by atoms with Crippen LogP contribution in [0.3, 0.4) is 0 Å². The predicted molar refractivity (Wildman–Crippen MR) is 62.3 cm³/mol. The number of likely N-dealkylation sites (N-methyl/N-ethyl adjacent to an activating group) is 1. The molecule has 3 unspecified atom stereocenters. The van der Waals surface area contributed by atoms with Gasteiger partial charge in [-0.1, -0.05) is 0 Å². The van der Waals surface area contributed by atoms with Crippen molar-refractivity contribution in [3.05, 3.63) is 0 Å². The molecular weight excluding hydrogens is 226 g/mol. The van der Waals surface area contributed by atoms with E-state index in [4.69, 9.17) is 5.26 Å². The molecule has 92 valence electrons. The highest BCUT2D eigenvalue weighted by molar-refractivity contribution is 7.89. The summed E-state index contributed by atoms with van der Waals surface area (Å²) in [6, 6.07) is 2.17. The van der Waals surface area contributed by atoms with Gasteiger partial charge in [-0.15, -0.1) is 0 Å². The first-order valence-corrected chi connectivity index (χ1v) is 6.91. The van der Waals surface area contributed by atoms with Crippen molar-refractivity contribution in [2.45, 2.75) is 38.1 Å². The maximum absolute atomic E-state index is 12.0. The summed E-state index contributed by atoms with van der Waals surface area (Å²) >= 11 is 0. The van der Waals surface area contributed by atoms with Gasteiger partial charge in [-0.2, -0.15) is 9.57 Å². The van der Waals surface area contributed by atoms with Gasteiger partial charge in [-0.3, -0.25) is 4.90 Å². The van der Waals surface area contributed by atoms with Crippen molar-refractivity contribution < 1.29 is 8.42 Å². The molecule has 1 fully saturated rings. The maximum atomic E-state index is 12.0. The van der Waals surface area contributed by atoms with Crippen LogP contribution >= 0.6 is 0 Å². The standard InChI is InChI=1S/C10H19N3O2S/c1-8-6-13(7-9(2)12(8)4)16(14,15)10(3)5-11/h8-10H,6-7H2,1-4H3. The van der Waals surface area contributed by atoms with Crippen LogP contribution in [0, 0.1) is 11.3 Å². The lowest BCUT2D eigenvalue weighted by molar-refractivity contribution is 0.105. The van der Waals surface area contributed by atoms with Crippen molar-refractivity contribution >= 4 is 10.0 Å². The minimum absolute atomic E-state index is 0.185. The molecule has 3 atom stereocenters. The minimum Gasteiger partial charge on any atom is -0.298 e. The van der Waals surface area contributed by atoms with E-state index in [0.29, 0.717) is 13.1 Å². The summed E-state index contributed by atoms with van der Waals surface area (Å²) in [5.41, 5.74) is 0. The quantitative estimate of drug-likeness (QED) is 0.699. The fraction of sp³-hybridized carbons (Fsp3) is 0.900. The molecular formula is C10H19N3O2S. The Bertz CT molecular complexity index is 375. The molecule has 0 amide bonds. The lowest BCUT2D eigenvalue weighted by Gasteiger charge is -2.41. The maximum Gasteiger partial charge on any atom is 0.230 e. The molecule has 1 rings (SSSR count). The Morgan fingerprint density at radius 1 is 1.31 bits per heavy atom. The van der Waals surface area contributed by atoms with Crippen molar-refractivity contribution in [1.29, 1.82) is 5.26 Å². The van der Waals surface area contributed by atoms with Crippen molar-refractivity contribution in [3.63, 3.8) is 0 Å². The van der Waals surface area contributed by atoms with Gasteiger partial charge in [0.2, 0.25) is 10.0 Å². The van der Waals surface area contributed by atoms with E-state index < -0.39 is 15.3 Å². The Labute approximate surface area is 97.7 Å². The van der Waals surface area contributed by atoms with E-state index in [1.807, 2.05) is 20.9 Å². The van der Waals surface area contributed by atoms with Gasteiger partial charge in [0.25, 0.3) is 0 Å². The lowest BCUT2D eigenvalue weighted by atomic mass is 10.1. The Morgan fingerprint density at radius 3 is 2.12 bits per heavy atom. The molecule has 0 aromatic carbocycles. The van der Waals surface area contributed by atoms with Crippen LogP contribution in [0.15, 0.2) is 0 Å². The number of nitrogens with zero attached hydrogens (tertiary/aromatic N) is 3. The zero-order chi connectivity index (χ0) is 12.5. The largest absolute Gasteiger partial charge is 0.298 e. The number of sulfonamides is 1. The Hall–Kier alpha value is -0.640. The molecule has 0 aromatic rings. The highest BCUT2D eigenvalue weighted by atomic mass is 32.2. The monoisotopic (exact) mass is 245 g/mol. The molecule has 16 heavy (non-hydrogen) atoms. The van der Waals surface area contributed by atoms with Crippen LogP contribution < -0.4 is 0 Å². The van der Waals surface area contributed by atoms with E-state index >= 15 is 0 Å². The molecule has 6 heteroatoms. The molecule has 0 saturated carbocycles. The van der Waals surface area contributed by atoms with Gasteiger partial charge >= 0.3 is 0 Å². The van der Waals surface area contributed by atoms with Crippen LogP contribution in [0.25, 0.3) is 0 Å². The van der Waals surface area contributed by atoms with Crippen LogP contribution in [0.2, 0.25) is 0 Å². The first-order valence-electron chi connectivity index (χ1n) is 5.41. The third kappa shape index (κ3) is 2.37. The van der Waals surface area contributed by atoms with E-state index in [9.17, 15) is 8.42 Å². The molecule has 0 radical (unpaired) electrons. The fourth-order valence-corrected chi connectivity index (χ4v) is 3.28. The number of nitriles is 1. The summed E-state index contributed by atoms with van der Waals surface area (Å²) < 4.78 is 25.4. The lowest BCUT2D eigenvalue weighted by Crippen LogP contribution is -2.57. The molecule has 1 heterocycles. The van der Waals surface area contributed by atoms with E-state index in [0.717, 1.165) is 0 Å². The van der Waals surface area contributed by atoms with Gasteiger partial charge in [0.15, 0.2) is 5.25 Å². The van der Waals surface area contributed by atoms with Crippen molar-refractivity contribution in [2.75, 3.05) is 20.1 Å². The Morgan fingerprint density at radius 2 is 1.75 bits per heavy atom. The van der Waals surface area contributed by atoms with Crippen molar-refractivity contribution in [3.8, 4) is 6.07 Å². The van der Waals surface area contributed by atoms with Gasteiger partial charge in [-0.05, 0) is 27.8 Å². The number of hydrogen-bond donors (Lipinski definition) is 0. The molecule has 0 N–H and O–H groups in total. The first kappa shape index (κ1) is 13.4. The average Bonchev–Trinajstić information content (AvgIpc) is 2.23. The molecule has 1 aliphatic heterocycles. The molecule has 1 saturated heterocycles. The third-order valence-corrected chi connectivity index (χ3v) is 5.33. The summed E-state index contributed by atoms with van der Waals surface area (Å²) in [7, 11) is -1.46. The zero-order valence-electron chi connectivity index (χ0n) is 10.2. The highest BCUT2D eigenvalue weighted by Gasteiger charge is 2.36. The van der Waals surface area contributed by atoms with Gasteiger partial charge in [0, 0.05) is 25.2 Å². The van der Waals surface area contributed by atoms with E-state index in [1.54, 1.807) is 6.07 Å². The molecule has 0 aromatic heterocycles. The second-order valence-electron chi connectivity index (χ2n) is 4.50. The smallest absolute Gasteiger partial charge is 0.230 e. The number of rotatable bonds is 2. The van der Waals surface area contributed by atoms with Crippen LogP contribution in [-0.2, 0) is 10.0 Å². The second kappa shape index (κ2) is 4.70. The van der Waals surface area contributed by atoms with Gasteiger partial charge in [-0.25, -0.2) is 8.42 Å². The van der Waals surface area contributed by atoms with Crippen LogP contribution in [0.4, 0.5) is 0 Å². The number of piperazine rings is 1. The van der Waals surface area contributed by atoms with Crippen molar-refractivity contribution in [1.82, 2.24) is 9.21 Å². The van der Waals surface area contributed by atoms with Gasteiger partial charge in [0.05, 0.1) is 6.07 Å². The summed E-state index contributed by atoms with van der Waals surface area (Å²) in [6.07, 6.45) is 0. The third-order valence-electron chi connectivity index (χ3n) is 3.31. The summed E-state index contributed by atoms with van der Waals surface area (Å²) in [4.78, 5) is 2.16. The minimum atomic E-state index is -3.46. The Kier molecular flexibility index (Phi) is 3.94. The molecule has 5 nitrogen and oxygen atoms in total. The number of hydrogen-bond acceptors (Lipinski definition) is 4. The zero-order valence-corrected chi connectivity index (χ0v) is 11.0. The van der Waals surface area contributed by atoms with Gasteiger partial charge in [0.1, 0.15) is 0 Å². The molecule has 0 spiro atoms. The predicted octanol–water partition coefficient (Wildman–Crippen LogP) is 0.253. The molecule has 0 bridgehead atoms. The first-order chi connectivity index (χ1) is 7.30. The SMILES string of the molecule is CC1CN(S(=O)(=O)C(C)C#N)CC(C)N1C. The average molecular weight is 245 g/mol. The summed E-state index contributed by atoms with van der Waals surface area (Å²) in [6.45, 7) is 6.36. The van der Waals surface area contributed by atoms with Crippen LogP contribution in [0.5, 0.6) is 0 Å². The highest BCUT2D eigenvalue weighted by Crippen LogP contribution is 2.18. The van der Waals surface area contributed by atoms with Gasteiger partial charge < -0.3 is 0 Å². The topological polar surface area (TPSA) is 64.4 Å². The molecule has 1 aliphatic rings. The summed E-state index contributed by atoms with van der Waals surface area (Å²) in [5.74, 6) is 0. The van der Waals surface area contributed by atoms with Crippen molar-refractivity contribution in [2.24, 2.45) is 0 Å². The van der Waals surface area contributed by atoms with Crippen LogP contribution in [0.1, 0.15) is 20.8 Å². The van der Waals surface area contributed by atoms with Crippen LogP contribution in [-0.4, -0.2) is 55.1 Å². The van der Waals surface area contributed by atoms with E-state index in [-0.39, 0.29) is 12.1 Å².